The number of thiophene rings is 1. The largest absolute Gasteiger partial charge is 0.331 e. The van der Waals surface area contributed by atoms with Gasteiger partial charge in [-0.15, -0.1) is 83.1 Å². The normalized spacial score (nSPS) is 11.0. The molecule has 4 aromatic carbocycles. The van der Waals surface area contributed by atoms with Gasteiger partial charge in [0.2, 0.25) is 0 Å². The molecule has 7 aromatic rings. The van der Waals surface area contributed by atoms with Gasteiger partial charge < -0.3 is 9.55 Å². The molecule has 1 radical (unpaired) electrons. The summed E-state index contributed by atoms with van der Waals surface area (Å²) in [7, 11) is 0. The van der Waals surface area contributed by atoms with Gasteiger partial charge in [0, 0.05) is 42.1 Å². The van der Waals surface area contributed by atoms with Gasteiger partial charge >= 0.3 is 0 Å². The van der Waals surface area contributed by atoms with Crippen LogP contribution in [0.3, 0.4) is 0 Å². The van der Waals surface area contributed by atoms with Crippen LogP contribution in [0.1, 0.15) is 50.7 Å². The summed E-state index contributed by atoms with van der Waals surface area (Å²) < 4.78 is 3.69. The second-order valence-electron chi connectivity index (χ2n) is 10.9. The predicted molar refractivity (Wildman–Crippen MR) is 177 cm³/mol. The minimum atomic E-state index is 0. The third-order valence-corrected chi connectivity index (χ3v) is 8.41. The molecule has 5 heteroatoms. The molecule has 0 unspecified atom stereocenters. The van der Waals surface area contributed by atoms with Gasteiger partial charge in [0.05, 0.1) is 11.3 Å². The van der Waals surface area contributed by atoms with Crippen molar-refractivity contribution in [1.82, 2.24) is 14.5 Å². The molecule has 3 nitrogen and oxygen atoms in total. The average Bonchev–Trinajstić information content (AvgIpc) is 3.58. The van der Waals surface area contributed by atoms with E-state index in [4.69, 9.17) is 4.98 Å². The zero-order valence-electron chi connectivity index (χ0n) is 24.7. The van der Waals surface area contributed by atoms with E-state index in [0.29, 0.717) is 11.8 Å². The van der Waals surface area contributed by atoms with E-state index in [-0.39, 0.29) is 20.1 Å². The zero-order chi connectivity index (χ0) is 29.1. The van der Waals surface area contributed by atoms with Crippen LogP contribution in [-0.4, -0.2) is 14.5 Å². The first-order valence-electron chi connectivity index (χ1n) is 14.4. The van der Waals surface area contributed by atoms with E-state index in [0.717, 1.165) is 27.5 Å². The molecule has 0 fully saturated rings. The number of benzene rings is 4. The number of rotatable bonds is 5. The van der Waals surface area contributed by atoms with E-state index in [9.17, 15) is 0 Å². The zero-order valence-corrected chi connectivity index (χ0v) is 27.9. The number of hydrogen-bond acceptors (Lipinski definition) is 3. The van der Waals surface area contributed by atoms with Gasteiger partial charge in [-0.1, -0.05) is 76.2 Å². The van der Waals surface area contributed by atoms with E-state index in [1.54, 1.807) is 17.5 Å². The van der Waals surface area contributed by atoms with E-state index >= 15 is 0 Å². The summed E-state index contributed by atoms with van der Waals surface area (Å²) in [6.07, 6.45) is 1.79. The van der Waals surface area contributed by atoms with Crippen LogP contribution >= 0.6 is 11.3 Å². The smallest absolute Gasteiger partial charge is 0.132 e. The Bertz CT molecular complexity index is 1860. The summed E-state index contributed by atoms with van der Waals surface area (Å²) in [5.41, 5.74) is 8.23. The van der Waals surface area contributed by atoms with Gasteiger partial charge in [-0.3, -0.25) is 4.98 Å². The number of para-hydroxylation sites is 1. The first-order valence-corrected chi connectivity index (χ1v) is 15.2. The molecule has 43 heavy (non-hydrogen) atoms. The summed E-state index contributed by atoms with van der Waals surface area (Å²) in [5, 5.41) is 1.26. The van der Waals surface area contributed by atoms with Gasteiger partial charge in [0.1, 0.15) is 4.83 Å². The molecular weight excluding hydrogens is 723 g/mol. The summed E-state index contributed by atoms with van der Waals surface area (Å²) in [6, 6.07) is 43.8. The van der Waals surface area contributed by atoms with Crippen LogP contribution in [0.2, 0.25) is 0 Å². The molecule has 217 valence electrons. The molecule has 0 saturated carbocycles. The van der Waals surface area contributed by atoms with Crippen molar-refractivity contribution >= 4 is 31.8 Å². The number of pyridine rings is 1. The molecule has 0 N–H and O–H groups in total. The van der Waals surface area contributed by atoms with Gasteiger partial charge in [-0.2, -0.15) is 0 Å². The van der Waals surface area contributed by atoms with Crippen molar-refractivity contribution in [2.24, 2.45) is 0 Å². The Hall–Kier alpha value is -3.89. The maximum atomic E-state index is 5.15. The van der Waals surface area contributed by atoms with Crippen molar-refractivity contribution in [2.75, 3.05) is 0 Å². The van der Waals surface area contributed by atoms with E-state index in [1.165, 1.54) is 32.4 Å². The van der Waals surface area contributed by atoms with Gasteiger partial charge in [0.25, 0.3) is 0 Å². The molecule has 3 heterocycles. The molecule has 0 atom stereocenters. The number of imidazole rings is 1. The molecular formula is C38H33IrN3S-2. The number of hydrogen-bond donors (Lipinski definition) is 0. The minimum Gasteiger partial charge on any atom is -0.331 e. The van der Waals surface area contributed by atoms with Crippen LogP contribution in [0.25, 0.3) is 48.8 Å². The molecule has 0 saturated heterocycles. The Morgan fingerprint density at radius 2 is 1.30 bits per heavy atom. The monoisotopic (exact) mass is 756 g/mol. The second-order valence-corrected chi connectivity index (χ2v) is 11.9. The van der Waals surface area contributed by atoms with Crippen LogP contribution < -0.4 is 0 Å². The van der Waals surface area contributed by atoms with Crippen molar-refractivity contribution in [3.05, 3.63) is 139 Å². The van der Waals surface area contributed by atoms with Crippen molar-refractivity contribution < 1.29 is 20.1 Å². The second kappa shape index (κ2) is 13.6. The fourth-order valence-electron chi connectivity index (χ4n) is 5.34. The number of nitrogens with zero attached hydrogens (tertiary/aromatic N) is 3. The minimum absolute atomic E-state index is 0. The van der Waals surface area contributed by atoms with Crippen molar-refractivity contribution in [3.8, 4) is 28.3 Å². The predicted octanol–water partition coefficient (Wildman–Crippen LogP) is 10.5. The van der Waals surface area contributed by atoms with Crippen LogP contribution in [0, 0.1) is 12.1 Å². The van der Waals surface area contributed by atoms with Crippen molar-refractivity contribution in [3.63, 3.8) is 0 Å². The third kappa shape index (κ3) is 6.26. The summed E-state index contributed by atoms with van der Waals surface area (Å²) in [6.45, 7) is 9.10. The Balaban J connectivity index is 0.000000238. The molecule has 0 aliphatic rings. The van der Waals surface area contributed by atoms with E-state index < -0.39 is 0 Å². The first kappa shape index (κ1) is 30.6. The van der Waals surface area contributed by atoms with E-state index in [1.807, 2.05) is 54.6 Å². The third-order valence-electron chi connectivity index (χ3n) is 7.36. The summed E-state index contributed by atoms with van der Waals surface area (Å²) in [5.74, 6) is 1.79. The Morgan fingerprint density at radius 3 is 1.91 bits per heavy atom. The molecule has 0 spiro atoms. The SMILES string of the molecule is CC(C)c1cccc(C(C)C)c1-n1c(-c2[c-]cccc2)nc2sc3ccccc3c21.[Ir].[c-]1ccccc1-c1ccccn1. The maximum Gasteiger partial charge on any atom is 0.132 e. The Kier molecular flexibility index (Phi) is 9.67. The molecule has 0 aliphatic heterocycles. The maximum absolute atomic E-state index is 5.15. The van der Waals surface area contributed by atoms with Gasteiger partial charge in [-0.25, -0.2) is 0 Å². The first-order chi connectivity index (χ1) is 20.5. The average molecular weight is 756 g/mol. The van der Waals surface area contributed by atoms with Gasteiger partial charge in [-0.05, 0) is 40.8 Å². The standard InChI is InChI=1S/C27H25N2S.C11H8N.Ir/c1-17(2)20-14-10-15-21(18(3)4)24(20)29-25-22-13-8-9-16-23(22)30-27(25)28-26(29)19-11-6-5-7-12-19;1-2-6-10(7-3-1)11-8-4-5-9-12-11;/h5-11,13-18H,1-4H3;1-6,8-9H;/q2*-1;. The fraction of sp³-hybridized carbons (Fsp3) is 0.158. The van der Waals surface area contributed by atoms with E-state index in [2.05, 4.69) is 104 Å². The Labute approximate surface area is 271 Å². The van der Waals surface area contributed by atoms with Crippen molar-refractivity contribution in [2.45, 2.75) is 39.5 Å². The fourth-order valence-corrected chi connectivity index (χ4v) is 6.40. The van der Waals surface area contributed by atoms with Crippen LogP contribution in [0.5, 0.6) is 0 Å². The molecule has 0 amide bonds. The van der Waals surface area contributed by atoms with Gasteiger partial charge in [0.15, 0.2) is 0 Å². The molecule has 0 aliphatic carbocycles. The van der Waals surface area contributed by atoms with Crippen LogP contribution in [0.4, 0.5) is 0 Å². The number of fused-ring (bicyclic) bond motifs is 3. The number of aromatic nitrogens is 3. The molecule has 0 bridgehead atoms. The van der Waals surface area contributed by atoms with Crippen LogP contribution in [0.15, 0.2) is 115 Å². The van der Waals surface area contributed by atoms with Crippen molar-refractivity contribution in [1.29, 1.82) is 0 Å². The molecule has 3 aromatic heterocycles. The summed E-state index contributed by atoms with van der Waals surface area (Å²) in [4.78, 5) is 10.4. The quantitative estimate of drug-likeness (QED) is 0.164. The summed E-state index contributed by atoms with van der Waals surface area (Å²) >= 11 is 1.77. The topological polar surface area (TPSA) is 30.7 Å². The molecule has 7 rings (SSSR count). The Morgan fingerprint density at radius 1 is 0.674 bits per heavy atom. The van der Waals surface area contributed by atoms with Crippen LogP contribution in [-0.2, 0) is 20.1 Å².